The van der Waals surface area contributed by atoms with Gasteiger partial charge in [-0.2, -0.15) is 4.58 Å². The molecule has 0 unspecified atom stereocenters. The van der Waals surface area contributed by atoms with Crippen LogP contribution in [0.2, 0.25) is 0 Å². The minimum atomic E-state index is -1.14. The Balaban J connectivity index is 2.14. The fraction of sp³-hybridized carbons (Fsp3) is 0.111. The highest BCUT2D eigenvalue weighted by atomic mass is 16.4. The van der Waals surface area contributed by atoms with E-state index in [1.54, 1.807) is 6.07 Å². The summed E-state index contributed by atoms with van der Waals surface area (Å²) in [6.45, 7) is 2.03. The monoisotopic (exact) mass is 294 g/mol. The number of fused-ring (bicyclic) bond motifs is 1. The molecule has 1 aliphatic rings. The first-order chi connectivity index (χ1) is 10.5. The number of benzene rings is 2. The van der Waals surface area contributed by atoms with Crippen LogP contribution >= 0.6 is 0 Å². The lowest BCUT2D eigenvalue weighted by molar-refractivity contribution is -0.401. The third kappa shape index (κ3) is 2.19. The Morgan fingerprint density at radius 3 is 2.64 bits per heavy atom. The third-order valence-corrected chi connectivity index (χ3v) is 4.01. The van der Waals surface area contributed by atoms with Gasteiger partial charge in [0.05, 0.1) is 11.1 Å². The van der Waals surface area contributed by atoms with Crippen LogP contribution in [0.4, 0.5) is 5.69 Å². The summed E-state index contributed by atoms with van der Waals surface area (Å²) >= 11 is 0. The molecule has 0 bridgehead atoms. The molecule has 0 spiro atoms. The second kappa shape index (κ2) is 5.15. The van der Waals surface area contributed by atoms with Gasteiger partial charge in [0, 0.05) is 13.0 Å². The number of aromatic carboxylic acids is 1. The van der Waals surface area contributed by atoms with Crippen molar-refractivity contribution in [2.24, 2.45) is 0 Å². The number of carboxylic acid groups (broad SMARTS) is 1. The summed E-state index contributed by atoms with van der Waals surface area (Å²) in [4.78, 5) is 11.1. The van der Waals surface area contributed by atoms with Gasteiger partial charge in [0.1, 0.15) is 18.4 Å². The second-order valence-electron chi connectivity index (χ2n) is 5.30. The fourth-order valence-electron chi connectivity index (χ4n) is 2.71. The number of aromatic hydroxyl groups is 1. The lowest BCUT2D eigenvalue weighted by Crippen LogP contribution is -2.02. The Kier molecular flexibility index (Phi) is 3.29. The van der Waals surface area contributed by atoms with Gasteiger partial charge in [0.25, 0.3) is 0 Å². The maximum atomic E-state index is 11.1. The molecule has 4 heteroatoms. The number of hydrogen-bond donors (Lipinski definition) is 2. The molecule has 1 aliphatic heterocycles. The van der Waals surface area contributed by atoms with E-state index >= 15 is 0 Å². The van der Waals surface area contributed by atoms with Crippen LogP contribution in [0.5, 0.6) is 5.75 Å². The van der Waals surface area contributed by atoms with Gasteiger partial charge in [0.15, 0.2) is 5.71 Å². The zero-order chi connectivity index (χ0) is 15.9. The van der Waals surface area contributed by atoms with Crippen molar-refractivity contribution >= 4 is 29.0 Å². The number of carbonyl (C=O) groups is 1. The quantitative estimate of drug-likeness (QED) is 0.835. The first kappa shape index (κ1) is 14.1. The molecule has 0 fully saturated rings. The Morgan fingerprint density at radius 1 is 1.18 bits per heavy atom. The van der Waals surface area contributed by atoms with E-state index in [9.17, 15) is 9.90 Å². The van der Waals surface area contributed by atoms with E-state index in [-0.39, 0.29) is 11.3 Å². The Labute approximate surface area is 128 Å². The number of carboxylic acids is 1. The first-order valence-electron chi connectivity index (χ1n) is 6.94. The standard InChI is InChI=1S/C18H15NO3/c1-11-14(13-5-3-4-6-16(13)19(11)2)9-12-7-8-17(20)15(10-12)18(21)22/h3-10H,1-2H3,(H,21,22)/p+1. The number of allylic oxidation sites excluding steroid dienone is 1. The van der Waals surface area contributed by atoms with E-state index in [2.05, 4.69) is 10.6 Å². The zero-order valence-corrected chi connectivity index (χ0v) is 12.4. The minimum absolute atomic E-state index is 0.0911. The lowest BCUT2D eigenvalue weighted by atomic mass is 9.99. The zero-order valence-electron chi connectivity index (χ0n) is 12.4. The molecule has 110 valence electrons. The summed E-state index contributed by atoms with van der Waals surface area (Å²) in [6, 6.07) is 12.7. The van der Waals surface area contributed by atoms with E-state index in [4.69, 9.17) is 5.11 Å². The summed E-state index contributed by atoms with van der Waals surface area (Å²) in [7, 11) is 2.01. The molecular weight excluding hydrogens is 278 g/mol. The Morgan fingerprint density at radius 2 is 1.91 bits per heavy atom. The maximum absolute atomic E-state index is 11.1. The average molecular weight is 294 g/mol. The fourth-order valence-corrected chi connectivity index (χ4v) is 2.71. The molecule has 0 saturated heterocycles. The molecule has 2 aromatic rings. The molecule has 0 radical (unpaired) electrons. The van der Waals surface area contributed by atoms with Gasteiger partial charge in [-0.1, -0.05) is 18.2 Å². The number of phenols is 1. The smallest absolute Gasteiger partial charge is 0.339 e. The van der Waals surface area contributed by atoms with Crippen molar-refractivity contribution in [1.29, 1.82) is 0 Å². The highest BCUT2D eigenvalue weighted by Crippen LogP contribution is 2.34. The van der Waals surface area contributed by atoms with Gasteiger partial charge in [-0.15, -0.1) is 0 Å². The van der Waals surface area contributed by atoms with Crippen molar-refractivity contribution in [3.8, 4) is 5.75 Å². The van der Waals surface area contributed by atoms with Gasteiger partial charge in [-0.25, -0.2) is 4.79 Å². The van der Waals surface area contributed by atoms with Crippen LogP contribution in [0.15, 0.2) is 42.5 Å². The summed E-state index contributed by atoms with van der Waals surface area (Å²) < 4.78 is 2.11. The van der Waals surface area contributed by atoms with Gasteiger partial charge >= 0.3 is 5.97 Å². The van der Waals surface area contributed by atoms with Crippen LogP contribution in [0, 0.1) is 0 Å². The normalized spacial score (nSPS) is 15.3. The van der Waals surface area contributed by atoms with Crippen LogP contribution in [-0.2, 0) is 0 Å². The van der Waals surface area contributed by atoms with Crippen molar-refractivity contribution in [3.05, 3.63) is 59.2 Å². The molecule has 3 rings (SSSR count). The highest BCUT2D eigenvalue weighted by Gasteiger charge is 2.28. The number of rotatable bonds is 2. The molecule has 22 heavy (non-hydrogen) atoms. The van der Waals surface area contributed by atoms with Gasteiger partial charge in [-0.05, 0) is 29.8 Å². The van der Waals surface area contributed by atoms with Gasteiger partial charge in [0.2, 0.25) is 5.69 Å². The molecule has 0 aromatic heterocycles. The maximum Gasteiger partial charge on any atom is 0.339 e. The summed E-state index contributed by atoms with van der Waals surface area (Å²) in [5, 5.41) is 18.7. The van der Waals surface area contributed by atoms with E-state index < -0.39 is 5.97 Å². The SMILES string of the molecule is CC1=[N+](C)c2ccccc2/C1=C/c1ccc(O)c(C(=O)O)c1. The van der Waals surface area contributed by atoms with Gasteiger partial charge in [-0.3, -0.25) is 0 Å². The summed E-state index contributed by atoms with van der Waals surface area (Å²) in [5.74, 6) is -1.36. The minimum Gasteiger partial charge on any atom is -0.507 e. The predicted molar refractivity (Wildman–Crippen MR) is 85.9 cm³/mol. The summed E-state index contributed by atoms with van der Waals surface area (Å²) in [6.07, 6.45) is 1.95. The molecule has 2 N–H and O–H groups in total. The highest BCUT2D eigenvalue weighted by molar-refractivity contribution is 6.28. The summed E-state index contributed by atoms with van der Waals surface area (Å²) in [5.41, 5.74) is 5.06. The van der Waals surface area contributed by atoms with Crippen molar-refractivity contribution < 1.29 is 19.6 Å². The largest absolute Gasteiger partial charge is 0.507 e. The van der Waals surface area contributed by atoms with Crippen molar-refractivity contribution in [2.75, 3.05) is 7.05 Å². The van der Waals surface area contributed by atoms with E-state index in [0.29, 0.717) is 0 Å². The Bertz CT molecular complexity index is 847. The lowest BCUT2D eigenvalue weighted by Gasteiger charge is -2.02. The van der Waals surface area contributed by atoms with Crippen LogP contribution in [0.25, 0.3) is 11.6 Å². The third-order valence-electron chi connectivity index (χ3n) is 4.01. The number of nitrogens with zero attached hydrogens (tertiary/aromatic N) is 1. The molecule has 2 aromatic carbocycles. The van der Waals surface area contributed by atoms with E-state index in [1.165, 1.54) is 12.1 Å². The average Bonchev–Trinajstić information content (AvgIpc) is 2.74. The topological polar surface area (TPSA) is 60.5 Å². The molecule has 0 saturated carbocycles. The van der Waals surface area contributed by atoms with Gasteiger partial charge < -0.3 is 10.2 Å². The second-order valence-corrected chi connectivity index (χ2v) is 5.30. The van der Waals surface area contributed by atoms with Crippen molar-refractivity contribution in [1.82, 2.24) is 0 Å². The molecule has 0 atom stereocenters. The number of hydrogen-bond acceptors (Lipinski definition) is 2. The molecule has 0 aliphatic carbocycles. The van der Waals surface area contributed by atoms with E-state index in [1.807, 2.05) is 38.2 Å². The van der Waals surface area contributed by atoms with Crippen LogP contribution in [0.1, 0.15) is 28.4 Å². The van der Waals surface area contributed by atoms with Crippen LogP contribution in [-0.4, -0.2) is 33.5 Å². The predicted octanol–water partition coefficient (Wildman–Crippen LogP) is 3.38. The van der Waals surface area contributed by atoms with Crippen molar-refractivity contribution in [2.45, 2.75) is 6.92 Å². The molecule has 1 heterocycles. The van der Waals surface area contributed by atoms with Crippen LogP contribution < -0.4 is 0 Å². The number of para-hydroxylation sites is 1. The molecular formula is C18H16NO3+. The molecule has 0 amide bonds. The first-order valence-corrected chi connectivity index (χ1v) is 6.94. The van der Waals surface area contributed by atoms with Crippen molar-refractivity contribution in [3.63, 3.8) is 0 Å². The Hall–Kier alpha value is -2.88. The molecule has 4 nitrogen and oxygen atoms in total. The van der Waals surface area contributed by atoms with E-state index in [0.717, 1.165) is 28.1 Å². The van der Waals surface area contributed by atoms with Crippen LogP contribution in [0.3, 0.4) is 0 Å².